The summed E-state index contributed by atoms with van der Waals surface area (Å²) in [6.45, 7) is 6.92. The van der Waals surface area contributed by atoms with Crippen molar-refractivity contribution < 1.29 is 29.3 Å². The lowest BCUT2D eigenvalue weighted by Gasteiger charge is -2.30. The van der Waals surface area contributed by atoms with Gasteiger partial charge in [0.05, 0.1) is 12.0 Å². The summed E-state index contributed by atoms with van der Waals surface area (Å²) in [6.07, 6.45) is -1.30. The molecule has 146 valence electrons. The molecule has 0 aromatic heterocycles. The third kappa shape index (κ3) is 4.28. The number of rotatable bonds is 8. The molecule has 0 aliphatic heterocycles. The molecule has 0 aliphatic rings. The summed E-state index contributed by atoms with van der Waals surface area (Å²) in [4.78, 5) is 36.4. The zero-order valence-electron chi connectivity index (χ0n) is 15.7. The molecule has 6 heteroatoms. The van der Waals surface area contributed by atoms with E-state index in [1.165, 1.54) is 12.1 Å². The van der Waals surface area contributed by atoms with Crippen LogP contribution >= 0.6 is 0 Å². The summed E-state index contributed by atoms with van der Waals surface area (Å²) in [5, 5.41) is 19.4. The van der Waals surface area contributed by atoms with Crippen LogP contribution in [-0.2, 0) is 24.5 Å². The Kier molecular flexibility index (Phi) is 6.36. The maximum absolute atomic E-state index is 12.6. The summed E-state index contributed by atoms with van der Waals surface area (Å²) in [6, 6.07) is 15.2. The minimum absolute atomic E-state index is 0.155. The highest BCUT2D eigenvalue weighted by atomic mass is 16.5. The standard InChI is InChI=1S/C22H22O6/c1-14-9-11-18(12-10-14)22(21(26)27,15(2)20(24)25)13-19(23)28-16(3)17-7-5-4-6-8-17/h4-12,16H,2,13H2,1,3H3,(H,24,25)(H,26,27). The average molecular weight is 382 g/mol. The van der Waals surface area contributed by atoms with Crippen LogP contribution in [0.25, 0.3) is 0 Å². The molecule has 0 saturated heterocycles. The predicted molar refractivity (Wildman–Crippen MR) is 103 cm³/mol. The summed E-state index contributed by atoms with van der Waals surface area (Å²) >= 11 is 0. The molecule has 2 atom stereocenters. The summed E-state index contributed by atoms with van der Waals surface area (Å²) < 4.78 is 5.38. The molecule has 28 heavy (non-hydrogen) atoms. The van der Waals surface area contributed by atoms with Crippen molar-refractivity contribution in [2.45, 2.75) is 31.8 Å². The molecule has 0 aliphatic carbocycles. The second-order valence-corrected chi connectivity index (χ2v) is 6.58. The highest BCUT2D eigenvalue weighted by Crippen LogP contribution is 2.37. The van der Waals surface area contributed by atoms with Crippen LogP contribution in [0.1, 0.15) is 36.1 Å². The van der Waals surface area contributed by atoms with Gasteiger partial charge in [0.2, 0.25) is 0 Å². The van der Waals surface area contributed by atoms with Gasteiger partial charge in [-0.2, -0.15) is 0 Å². The molecule has 6 nitrogen and oxygen atoms in total. The monoisotopic (exact) mass is 382 g/mol. The Bertz CT molecular complexity index is 885. The number of esters is 1. The second-order valence-electron chi connectivity index (χ2n) is 6.58. The summed E-state index contributed by atoms with van der Waals surface area (Å²) in [5.74, 6) is -3.80. The van der Waals surface area contributed by atoms with E-state index in [1.807, 2.05) is 13.0 Å². The van der Waals surface area contributed by atoms with E-state index in [4.69, 9.17) is 4.74 Å². The Hall–Kier alpha value is -3.41. The fraction of sp³-hybridized carbons (Fsp3) is 0.227. The first-order chi connectivity index (χ1) is 13.2. The van der Waals surface area contributed by atoms with Gasteiger partial charge in [0, 0.05) is 0 Å². The second kappa shape index (κ2) is 8.52. The van der Waals surface area contributed by atoms with E-state index in [-0.39, 0.29) is 5.56 Å². The first-order valence-corrected chi connectivity index (χ1v) is 8.66. The smallest absolute Gasteiger partial charge is 0.332 e. The molecule has 2 N–H and O–H groups in total. The van der Waals surface area contributed by atoms with Gasteiger partial charge < -0.3 is 14.9 Å². The van der Waals surface area contributed by atoms with Crippen LogP contribution in [0.3, 0.4) is 0 Å². The minimum atomic E-state index is -2.13. The molecule has 2 unspecified atom stereocenters. The maximum Gasteiger partial charge on any atom is 0.332 e. The molecular weight excluding hydrogens is 360 g/mol. The van der Waals surface area contributed by atoms with Gasteiger partial charge in [-0.05, 0) is 25.0 Å². The number of hydrogen-bond donors (Lipinski definition) is 2. The third-order valence-corrected chi connectivity index (χ3v) is 4.67. The van der Waals surface area contributed by atoms with Crippen molar-refractivity contribution in [2.24, 2.45) is 0 Å². The quantitative estimate of drug-likeness (QED) is 0.534. The van der Waals surface area contributed by atoms with Crippen molar-refractivity contribution in [1.82, 2.24) is 0 Å². The van der Waals surface area contributed by atoms with E-state index < -0.39 is 41.4 Å². The Balaban J connectivity index is 2.40. The van der Waals surface area contributed by atoms with Crippen molar-refractivity contribution >= 4 is 17.9 Å². The number of carboxylic acid groups (broad SMARTS) is 2. The summed E-state index contributed by atoms with van der Waals surface area (Å²) in [5.41, 5.74) is -0.976. The SMILES string of the molecule is C=C(C(=O)O)C(CC(=O)OC(C)c1ccccc1)(C(=O)O)c1ccc(C)cc1. The van der Waals surface area contributed by atoms with Gasteiger partial charge in [0.1, 0.15) is 11.5 Å². The van der Waals surface area contributed by atoms with Crippen LogP contribution < -0.4 is 0 Å². The largest absolute Gasteiger partial charge is 0.480 e. The normalized spacial score (nSPS) is 13.8. The fourth-order valence-corrected chi connectivity index (χ4v) is 2.98. The molecule has 0 radical (unpaired) electrons. The van der Waals surface area contributed by atoms with Crippen LogP contribution in [0.5, 0.6) is 0 Å². The highest BCUT2D eigenvalue weighted by molar-refractivity contribution is 6.02. The summed E-state index contributed by atoms with van der Waals surface area (Å²) in [7, 11) is 0. The van der Waals surface area contributed by atoms with E-state index in [1.54, 1.807) is 43.3 Å². The molecule has 0 bridgehead atoms. The number of aliphatic carboxylic acids is 2. The molecule has 0 fully saturated rings. The lowest BCUT2D eigenvalue weighted by molar-refractivity contribution is -0.156. The van der Waals surface area contributed by atoms with Crippen molar-refractivity contribution in [1.29, 1.82) is 0 Å². The number of carbonyl (C=O) groups is 3. The first kappa shape index (κ1) is 20.9. The lowest BCUT2D eigenvalue weighted by atomic mass is 9.72. The number of ether oxygens (including phenoxy) is 1. The van der Waals surface area contributed by atoms with E-state index in [2.05, 4.69) is 6.58 Å². The molecule has 2 aromatic carbocycles. The molecular formula is C22H22O6. The number of carbonyl (C=O) groups excluding carboxylic acids is 1. The van der Waals surface area contributed by atoms with Gasteiger partial charge in [-0.1, -0.05) is 66.7 Å². The number of hydrogen-bond acceptors (Lipinski definition) is 4. The lowest BCUT2D eigenvalue weighted by Crippen LogP contribution is -2.42. The maximum atomic E-state index is 12.6. The molecule has 0 spiro atoms. The molecule has 0 saturated carbocycles. The number of carboxylic acids is 2. The van der Waals surface area contributed by atoms with E-state index in [0.717, 1.165) is 11.1 Å². The molecule has 2 aromatic rings. The topological polar surface area (TPSA) is 101 Å². The van der Waals surface area contributed by atoms with Crippen molar-refractivity contribution in [3.8, 4) is 0 Å². The number of benzene rings is 2. The van der Waals surface area contributed by atoms with E-state index in [0.29, 0.717) is 0 Å². The predicted octanol–water partition coefficient (Wildman–Crippen LogP) is 3.65. The van der Waals surface area contributed by atoms with E-state index in [9.17, 15) is 24.6 Å². The number of aryl methyl sites for hydroxylation is 1. The first-order valence-electron chi connectivity index (χ1n) is 8.66. The van der Waals surface area contributed by atoms with Crippen molar-refractivity contribution in [2.75, 3.05) is 0 Å². The Morgan fingerprint density at radius 1 is 1.04 bits per heavy atom. The van der Waals surface area contributed by atoms with Crippen LogP contribution in [0.15, 0.2) is 66.7 Å². The van der Waals surface area contributed by atoms with Crippen molar-refractivity contribution in [3.05, 3.63) is 83.4 Å². The fourth-order valence-electron chi connectivity index (χ4n) is 2.98. The van der Waals surface area contributed by atoms with Crippen molar-refractivity contribution in [3.63, 3.8) is 0 Å². The van der Waals surface area contributed by atoms with Crippen LogP contribution in [0.2, 0.25) is 0 Å². The van der Waals surface area contributed by atoms with Gasteiger partial charge in [-0.15, -0.1) is 0 Å². The molecule has 2 rings (SSSR count). The average Bonchev–Trinajstić information content (AvgIpc) is 2.66. The van der Waals surface area contributed by atoms with Gasteiger partial charge in [-0.3, -0.25) is 9.59 Å². The van der Waals surface area contributed by atoms with Crippen LogP contribution in [0, 0.1) is 6.92 Å². The van der Waals surface area contributed by atoms with Crippen LogP contribution in [-0.4, -0.2) is 28.1 Å². The van der Waals surface area contributed by atoms with E-state index >= 15 is 0 Å². The van der Waals surface area contributed by atoms with Gasteiger partial charge in [0.25, 0.3) is 0 Å². The van der Waals surface area contributed by atoms with Crippen LogP contribution in [0.4, 0.5) is 0 Å². The minimum Gasteiger partial charge on any atom is -0.480 e. The van der Waals surface area contributed by atoms with Gasteiger partial charge in [-0.25, -0.2) is 4.79 Å². The molecule has 0 heterocycles. The Morgan fingerprint density at radius 2 is 1.61 bits per heavy atom. The highest BCUT2D eigenvalue weighted by Gasteiger charge is 2.48. The Labute approximate surface area is 163 Å². The van der Waals surface area contributed by atoms with Gasteiger partial charge >= 0.3 is 17.9 Å². The zero-order chi connectivity index (χ0) is 20.9. The molecule has 0 amide bonds. The van der Waals surface area contributed by atoms with Gasteiger partial charge in [0.15, 0.2) is 0 Å². The Morgan fingerprint density at radius 3 is 2.11 bits per heavy atom. The third-order valence-electron chi connectivity index (χ3n) is 4.67. The zero-order valence-corrected chi connectivity index (χ0v) is 15.7.